The van der Waals surface area contributed by atoms with Gasteiger partial charge in [0.2, 0.25) is 9.84 Å². The molecule has 0 aromatic heterocycles. The van der Waals surface area contributed by atoms with Crippen LogP contribution in [0.15, 0.2) is 29.2 Å². The smallest absolute Gasteiger partial charge is 0.341 e. The normalized spacial score (nSPS) is 13.5. The van der Waals surface area contributed by atoms with Crippen LogP contribution in [0, 0.1) is 0 Å². The van der Waals surface area contributed by atoms with E-state index < -0.39 is 26.6 Å². The van der Waals surface area contributed by atoms with Crippen LogP contribution in [0.5, 0.6) is 0 Å². The molecule has 20 heavy (non-hydrogen) atoms. The first-order valence-corrected chi connectivity index (χ1v) is 7.34. The van der Waals surface area contributed by atoms with E-state index >= 15 is 0 Å². The number of rotatable bonds is 7. The van der Waals surface area contributed by atoms with Gasteiger partial charge in [0.25, 0.3) is 0 Å². The molecule has 1 aromatic rings. The Labute approximate surface area is 116 Å². The molecule has 1 unspecified atom stereocenters. The highest BCUT2D eigenvalue weighted by atomic mass is 32.2. The number of aliphatic hydroxyl groups is 1. The Morgan fingerprint density at radius 1 is 1.30 bits per heavy atom. The summed E-state index contributed by atoms with van der Waals surface area (Å²) in [6.45, 7) is 0.441. The zero-order valence-electron chi connectivity index (χ0n) is 11.2. The minimum Gasteiger partial charge on any atom is -0.389 e. The van der Waals surface area contributed by atoms with Gasteiger partial charge in [-0.3, -0.25) is 0 Å². The third-order valence-electron chi connectivity index (χ3n) is 2.68. The molecule has 0 heterocycles. The van der Waals surface area contributed by atoms with Crippen LogP contribution in [0.25, 0.3) is 0 Å². The van der Waals surface area contributed by atoms with Gasteiger partial charge in [-0.05, 0) is 24.3 Å². The number of likely N-dealkylation sites (N-methyl/N-ethyl adjacent to an activating group) is 1. The average Bonchev–Trinajstić information content (AvgIpc) is 2.38. The molecule has 0 aliphatic carbocycles. The van der Waals surface area contributed by atoms with Crippen LogP contribution in [-0.2, 0) is 14.6 Å². The molecule has 1 N–H and O–H groups in total. The largest absolute Gasteiger partial charge is 0.389 e. The van der Waals surface area contributed by atoms with Gasteiger partial charge in [0.1, 0.15) is 0 Å². The molecule has 8 heteroatoms. The lowest BCUT2D eigenvalue weighted by atomic mass is 10.2. The lowest BCUT2D eigenvalue weighted by Crippen LogP contribution is -2.31. The van der Waals surface area contributed by atoms with Gasteiger partial charge in [-0.1, -0.05) is 0 Å². The van der Waals surface area contributed by atoms with Crippen molar-refractivity contribution in [2.75, 3.05) is 32.2 Å². The van der Waals surface area contributed by atoms with E-state index in [2.05, 4.69) is 0 Å². The summed E-state index contributed by atoms with van der Waals surface area (Å²) in [6, 6.07) is 5.07. The lowest BCUT2D eigenvalue weighted by Gasteiger charge is -2.22. The van der Waals surface area contributed by atoms with Crippen molar-refractivity contribution in [3.63, 3.8) is 0 Å². The first-order chi connectivity index (χ1) is 9.28. The number of sulfone groups is 1. The topological polar surface area (TPSA) is 66.8 Å². The van der Waals surface area contributed by atoms with Crippen molar-refractivity contribution in [3.8, 4) is 0 Å². The van der Waals surface area contributed by atoms with E-state index in [1.165, 1.54) is 19.2 Å². The zero-order chi connectivity index (χ0) is 15.3. The van der Waals surface area contributed by atoms with Crippen LogP contribution in [0.4, 0.5) is 14.5 Å². The molecule has 5 nitrogen and oxygen atoms in total. The van der Waals surface area contributed by atoms with Crippen molar-refractivity contribution >= 4 is 15.5 Å². The summed E-state index contributed by atoms with van der Waals surface area (Å²) in [5.41, 5.74) is 0.605. The van der Waals surface area contributed by atoms with Gasteiger partial charge < -0.3 is 14.7 Å². The van der Waals surface area contributed by atoms with Gasteiger partial charge in [0.05, 0.1) is 17.6 Å². The number of ether oxygens (including phenoxy) is 1. The number of aliphatic hydroxyl groups excluding tert-OH is 1. The van der Waals surface area contributed by atoms with Gasteiger partial charge >= 0.3 is 5.76 Å². The van der Waals surface area contributed by atoms with Crippen molar-refractivity contribution < 1.29 is 27.0 Å². The van der Waals surface area contributed by atoms with Crippen molar-refractivity contribution in [2.45, 2.75) is 16.8 Å². The Morgan fingerprint density at radius 3 is 2.30 bits per heavy atom. The van der Waals surface area contributed by atoms with Crippen LogP contribution in [-0.4, -0.2) is 52.7 Å². The molecular formula is C12H17F2NO4S. The fourth-order valence-electron chi connectivity index (χ4n) is 1.66. The molecule has 1 aromatic carbocycles. The Hall–Kier alpha value is -1.25. The highest BCUT2D eigenvalue weighted by Crippen LogP contribution is 2.21. The predicted octanol–water partition coefficient (Wildman–Crippen LogP) is 1.13. The Morgan fingerprint density at radius 2 is 1.85 bits per heavy atom. The van der Waals surface area contributed by atoms with Gasteiger partial charge in [-0.15, -0.1) is 0 Å². The first-order valence-electron chi connectivity index (χ1n) is 5.79. The van der Waals surface area contributed by atoms with Gasteiger partial charge in [0.15, 0.2) is 0 Å². The fourth-order valence-corrected chi connectivity index (χ4v) is 2.38. The quantitative estimate of drug-likeness (QED) is 0.818. The highest BCUT2D eigenvalue weighted by Gasteiger charge is 2.26. The van der Waals surface area contributed by atoms with E-state index in [4.69, 9.17) is 4.74 Å². The van der Waals surface area contributed by atoms with E-state index in [-0.39, 0.29) is 13.2 Å². The molecule has 0 spiro atoms. The zero-order valence-corrected chi connectivity index (χ0v) is 12.0. The third kappa shape index (κ3) is 4.12. The number of alkyl halides is 2. The summed E-state index contributed by atoms with van der Waals surface area (Å²) in [5, 5.41) is 9.58. The number of halogens is 2. The summed E-state index contributed by atoms with van der Waals surface area (Å²) in [4.78, 5) is 1.24. The number of methoxy groups -OCH3 is 1. The summed E-state index contributed by atoms with van der Waals surface area (Å²) in [5.74, 6) is -3.44. The predicted molar refractivity (Wildman–Crippen MR) is 70.8 cm³/mol. The molecule has 1 atom stereocenters. The molecule has 0 bridgehead atoms. The minimum atomic E-state index is -4.57. The maximum absolute atomic E-state index is 12.4. The second-order valence-electron chi connectivity index (χ2n) is 4.29. The molecule has 0 saturated heterocycles. The van der Waals surface area contributed by atoms with Crippen LogP contribution in [0.3, 0.4) is 0 Å². The molecule has 0 saturated carbocycles. The number of hydrogen-bond donors (Lipinski definition) is 1. The van der Waals surface area contributed by atoms with Gasteiger partial charge in [0, 0.05) is 26.4 Å². The van der Waals surface area contributed by atoms with E-state index in [1.807, 2.05) is 0 Å². The van der Waals surface area contributed by atoms with E-state index in [9.17, 15) is 22.3 Å². The Balaban J connectivity index is 2.81. The SMILES string of the molecule is COCC(O)CN(C)c1ccc(S(=O)(=O)C(F)F)cc1. The number of hydrogen-bond acceptors (Lipinski definition) is 5. The molecule has 0 aliphatic heterocycles. The Kier molecular flexibility index (Phi) is 5.85. The van der Waals surface area contributed by atoms with Gasteiger partial charge in [-0.2, -0.15) is 8.78 Å². The summed E-state index contributed by atoms with van der Waals surface area (Å²) in [7, 11) is -1.42. The number of benzene rings is 1. The molecule has 1 rings (SSSR count). The molecule has 0 radical (unpaired) electrons. The summed E-state index contributed by atoms with van der Waals surface area (Å²) < 4.78 is 52.0. The van der Waals surface area contributed by atoms with Crippen molar-refractivity contribution in [3.05, 3.63) is 24.3 Å². The molecule has 0 aliphatic rings. The maximum Gasteiger partial charge on any atom is 0.341 e. The molecule has 114 valence electrons. The van der Waals surface area contributed by atoms with Crippen LogP contribution >= 0.6 is 0 Å². The third-order valence-corrected chi connectivity index (χ3v) is 4.08. The van der Waals surface area contributed by atoms with E-state index in [0.29, 0.717) is 5.69 Å². The van der Waals surface area contributed by atoms with Crippen molar-refractivity contribution in [1.82, 2.24) is 0 Å². The molecular weight excluding hydrogens is 292 g/mol. The average molecular weight is 309 g/mol. The summed E-state index contributed by atoms with van der Waals surface area (Å²) in [6.07, 6.45) is -0.700. The number of nitrogens with zero attached hydrogens (tertiary/aromatic N) is 1. The second-order valence-corrected chi connectivity index (χ2v) is 6.21. The first kappa shape index (κ1) is 16.8. The van der Waals surface area contributed by atoms with Crippen molar-refractivity contribution in [1.29, 1.82) is 0 Å². The number of anilines is 1. The fraction of sp³-hybridized carbons (Fsp3) is 0.500. The van der Waals surface area contributed by atoms with Crippen LogP contribution < -0.4 is 4.90 Å². The van der Waals surface area contributed by atoms with Crippen LogP contribution in [0.1, 0.15) is 0 Å². The summed E-state index contributed by atoms with van der Waals surface area (Å²) >= 11 is 0. The molecule has 0 fully saturated rings. The van der Waals surface area contributed by atoms with Gasteiger partial charge in [-0.25, -0.2) is 8.42 Å². The standard InChI is InChI=1S/C12H17F2NO4S/c1-15(7-10(16)8-19-2)9-3-5-11(6-4-9)20(17,18)12(13)14/h3-6,10,12,16H,7-8H2,1-2H3. The van der Waals surface area contributed by atoms with Crippen molar-refractivity contribution in [2.24, 2.45) is 0 Å². The van der Waals surface area contributed by atoms with E-state index in [1.54, 1.807) is 11.9 Å². The lowest BCUT2D eigenvalue weighted by molar-refractivity contribution is 0.0695. The minimum absolute atomic E-state index is 0.169. The highest BCUT2D eigenvalue weighted by molar-refractivity contribution is 7.91. The maximum atomic E-state index is 12.4. The van der Waals surface area contributed by atoms with E-state index in [0.717, 1.165) is 12.1 Å². The van der Waals surface area contributed by atoms with Crippen LogP contribution in [0.2, 0.25) is 0 Å². The second kappa shape index (κ2) is 6.96. The molecule has 0 amide bonds. The Bertz CT molecular complexity index is 519. The monoisotopic (exact) mass is 309 g/mol.